The number of para-hydroxylation sites is 1. The van der Waals surface area contributed by atoms with E-state index in [9.17, 15) is 22.8 Å². The molecule has 1 fully saturated rings. The Kier molecular flexibility index (Phi) is 6.32. The second-order valence-electron chi connectivity index (χ2n) is 6.62. The molecule has 2 amide bonds. The van der Waals surface area contributed by atoms with E-state index >= 15 is 0 Å². The van der Waals surface area contributed by atoms with E-state index in [1.165, 1.54) is 17.0 Å². The van der Waals surface area contributed by atoms with Crippen LogP contribution >= 0.6 is 11.6 Å². The maximum atomic E-state index is 12.4. The topological polar surface area (TPSA) is 58.6 Å². The van der Waals surface area contributed by atoms with Crippen molar-refractivity contribution < 1.29 is 27.5 Å². The Morgan fingerprint density at radius 2 is 1.86 bits per heavy atom. The molecule has 9 heteroatoms. The summed E-state index contributed by atoms with van der Waals surface area (Å²) in [5, 5.41) is 3.19. The van der Waals surface area contributed by atoms with Gasteiger partial charge in [0.15, 0.2) is 6.61 Å². The molecule has 0 aromatic heterocycles. The second-order valence-corrected chi connectivity index (χ2v) is 7.03. The molecule has 1 atom stereocenters. The lowest BCUT2D eigenvalue weighted by molar-refractivity contribution is -0.153. The molecule has 1 unspecified atom stereocenters. The maximum Gasteiger partial charge on any atom is 0.422 e. The highest BCUT2D eigenvalue weighted by Crippen LogP contribution is 2.31. The van der Waals surface area contributed by atoms with Gasteiger partial charge in [-0.05, 0) is 29.8 Å². The predicted octanol–water partition coefficient (Wildman–Crippen LogP) is 3.95. The summed E-state index contributed by atoms with van der Waals surface area (Å²) in [6, 6.07) is 12.9. The van der Waals surface area contributed by atoms with Crippen LogP contribution in [-0.4, -0.2) is 31.1 Å². The summed E-state index contributed by atoms with van der Waals surface area (Å²) < 4.78 is 41.1. The molecule has 2 aromatic carbocycles. The summed E-state index contributed by atoms with van der Waals surface area (Å²) in [7, 11) is 0. The average molecular weight is 427 g/mol. The molecule has 1 aliphatic rings. The molecule has 0 saturated carbocycles. The van der Waals surface area contributed by atoms with Crippen molar-refractivity contribution in [2.24, 2.45) is 5.92 Å². The first-order valence-electron chi connectivity index (χ1n) is 8.84. The standard InChI is InChI=1S/C20H18ClF3N2O3/c21-16-3-1-2-4-17(16)26-11-14(9-18(26)27)19(28)25-10-13-5-7-15(8-6-13)29-12-20(22,23)24/h1-8,14H,9-12H2,(H,25,28). The van der Waals surface area contributed by atoms with Crippen molar-refractivity contribution in [1.82, 2.24) is 5.32 Å². The summed E-state index contributed by atoms with van der Waals surface area (Å²) in [6.07, 6.45) is -4.31. The Morgan fingerprint density at radius 3 is 2.52 bits per heavy atom. The highest BCUT2D eigenvalue weighted by atomic mass is 35.5. The highest BCUT2D eigenvalue weighted by molar-refractivity contribution is 6.33. The number of nitrogens with one attached hydrogen (secondary N) is 1. The number of hydrogen-bond donors (Lipinski definition) is 1. The summed E-state index contributed by atoms with van der Waals surface area (Å²) in [5.41, 5.74) is 1.27. The molecular weight excluding hydrogens is 409 g/mol. The zero-order valence-electron chi connectivity index (χ0n) is 15.2. The van der Waals surface area contributed by atoms with Gasteiger partial charge in [0.05, 0.1) is 16.6 Å². The van der Waals surface area contributed by atoms with Gasteiger partial charge in [0, 0.05) is 19.5 Å². The summed E-state index contributed by atoms with van der Waals surface area (Å²) in [4.78, 5) is 26.2. The molecule has 2 aromatic rings. The Labute approximate surface area is 170 Å². The molecule has 5 nitrogen and oxygen atoms in total. The molecule has 154 valence electrons. The van der Waals surface area contributed by atoms with Crippen LogP contribution in [0, 0.1) is 5.92 Å². The molecule has 0 bridgehead atoms. The number of carbonyl (C=O) groups is 2. The SMILES string of the molecule is O=C(NCc1ccc(OCC(F)(F)F)cc1)C1CC(=O)N(c2ccccc2Cl)C1. The minimum Gasteiger partial charge on any atom is -0.484 e. The third kappa shape index (κ3) is 5.63. The summed E-state index contributed by atoms with van der Waals surface area (Å²) in [5.74, 6) is -0.864. The zero-order chi connectivity index (χ0) is 21.0. The highest BCUT2D eigenvalue weighted by Gasteiger charge is 2.35. The van der Waals surface area contributed by atoms with Crippen LogP contribution in [0.5, 0.6) is 5.75 Å². The van der Waals surface area contributed by atoms with Crippen molar-refractivity contribution in [1.29, 1.82) is 0 Å². The first kappa shape index (κ1) is 21.0. The lowest BCUT2D eigenvalue weighted by Crippen LogP contribution is -2.32. The quantitative estimate of drug-likeness (QED) is 0.761. The van der Waals surface area contributed by atoms with E-state index in [1.807, 2.05) is 0 Å². The van der Waals surface area contributed by atoms with Crippen LogP contribution in [0.3, 0.4) is 0 Å². The number of carbonyl (C=O) groups excluding carboxylic acids is 2. The van der Waals surface area contributed by atoms with Crippen LogP contribution in [-0.2, 0) is 16.1 Å². The summed E-state index contributed by atoms with van der Waals surface area (Å²) in [6.45, 7) is -0.936. The average Bonchev–Trinajstić information content (AvgIpc) is 3.06. The fourth-order valence-electron chi connectivity index (χ4n) is 2.99. The van der Waals surface area contributed by atoms with Gasteiger partial charge in [-0.15, -0.1) is 0 Å². The Hall–Kier alpha value is -2.74. The number of hydrogen-bond acceptors (Lipinski definition) is 3. The molecular formula is C20H18ClF3N2O3. The van der Waals surface area contributed by atoms with E-state index < -0.39 is 18.7 Å². The van der Waals surface area contributed by atoms with Gasteiger partial charge in [0.2, 0.25) is 11.8 Å². The van der Waals surface area contributed by atoms with Gasteiger partial charge in [-0.25, -0.2) is 0 Å². The fourth-order valence-corrected chi connectivity index (χ4v) is 3.23. The van der Waals surface area contributed by atoms with Gasteiger partial charge in [0.25, 0.3) is 0 Å². The van der Waals surface area contributed by atoms with Crippen LogP contribution in [0.2, 0.25) is 5.02 Å². The first-order chi connectivity index (χ1) is 13.7. The third-order valence-electron chi connectivity index (χ3n) is 4.43. The number of ether oxygens (including phenoxy) is 1. The van der Waals surface area contributed by atoms with Gasteiger partial charge in [-0.3, -0.25) is 9.59 Å². The van der Waals surface area contributed by atoms with Crippen molar-refractivity contribution in [2.45, 2.75) is 19.1 Å². The monoisotopic (exact) mass is 426 g/mol. The molecule has 0 spiro atoms. The van der Waals surface area contributed by atoms with Gasteiger partial charge < -0.3 is 15.0 Å². The molecule has 29 heavy (non-hydrogen) atoms. The van der Waals surface area contributed by atoms with Gasteiger partial charge in [-0.1, -0.05) is 35.9 Å². The van der Waals surface area contributed by atoms with Crippen molar-refractivity contribution in [2.75, 3.05) is 18.1 Å². The molecule has 1 saturated heterocycles. The predicted molar refractivity (Wildman–Crippen MR) is 102 cm³/mol. The lowest BCUT2D eigenvalue weighted by atomic mass is 10.1. The number of halogens is 4. The number of rotatable bonds is 6. The fraction of sp³-hybridized carbons (Fsp3) is 0.300. The van der Waals surface area contributed by atoms with Gasteiger partial charge >= 0.3 is 6.18 Å². The number of alkyl halides is 3. The van der Waals surface area contributed by atoms with E-state index in [4.69, 9.17) is 11.6 Å². The molecule has 1 aliphatic heterocycles. The minimum atomic E-state index is -4.40. The largest absolute Gasteiger partial charge is 0.484 e. The second kappa shape index (κ2) is 8.73. The normalized spacial score (nSPS) is 16.8. The van der Waals surface area contributed by atoms with E-state index in [0.717, 1.165) is 0 Å². The zero-order valence-corrected chi connectivity index (χ0v) is 16.0. The van der Waals surface area contributed by atoms with Crippen LogP contribution in [0.25, 0.3) is 0 Å². The van der Waals surface area contributed by atoms with Crippen molar-refractivity contribution >= 4 is 29.1 Å². The number of benzene rings is 2. The number of nitrogens with zero attached hydrogens (tertiary/aromatic N) is 1. The van der Waals surface area contributed by atoms with Crippen molar-refractivity contribution in [3.63, 3.8) is 0 Å². The van der Waals surface area contributed by atoms with E-state index in [2.05, 4.69) is 10.1 Å². The smallest absolute Gasteiger partial charge is 0.422 e. The van der Waals surface area contributed by atoms with Crippen LogP contribution in [0.1, 0.15) is 12.0 Å². The molecule has 3 rings (SSSR count). The minimum absolute atomic E-state index is 0.0846. The molecule has 1 heterocycles. The molecule has 1 N–H and O–H groups in total. The third-order valence-corrected chi connectivity index (χ3v) is 4.75. The summed E-state index contributed by atoms with van der Waals surface area (Å²) >= 11 is 6.13. The van der Waals surface area contributed by atoms with E-state index in [0.29, 0.717) is 16.3 Å². The van der Waals surface area contributed by atoms with Crippen LogP contribution < -0.4 is 15.0 Å². The van der Waals surface area contributed by atoms with Crippen LogP contribution in [0.4, 0.5) is 18.9 Å². The lowest BCUT2D eigenvalue weighted by Gasteiger charge is -2.18. The Morgan fingerprint density at radius 1 is 1.17 bits per heavy atom. The van der Waals surface area contributed by atoms with E-state index in [-0.39, 0.29) is 37.1 Å². The van der Waals surface area contributed by atoms with Crippen molar-refractivity contribution in [3.05, 3.63) is 59.1 Å². The Bertz CT molecular complexity index is 887. The maximum absolute atomic E-state index is 12.4. The van der Waals surface area contributed by atoms with Gasteiger partial charge in [-0.2, -0.15) is 13.2 Å². The van der Waals surface area contributed by atoms with Gasteiger partial charge in [0.1, 0.15) is 5.75 Å². The number of amides is 2. The van der Waals surface area contributed by atoms with Crippen molar-refractivity contribution in [3.8, 4) is 5.75 Å². The number of anilines is 1. The molecule has 0 aliphatic carbocycles. The first-order valence-corrected chi connectivity index (χ1v) is 9.22. The Balaban J connectivity index is 1.52. The molecule has 0 radical (unpaired) electrons. The van der Waals surface area contributed by atoms with E-state index in [1.54, 1.807) is 36.4 Å². The van der Waals surface area contributed by atoms with Crippen LogP contribution in [0.15, 0.2) is 48.5 Å².